The summed E-state index contributed by atoms with van der Waals surface area (Å²) < 4.78 is 0. The molecule has 3 saturated carbocycles. The minimum Gasteiger partial charge on any atom is -0.0845 e. The van der Waals surface area contributed by atoms with Crippen LogP contribution in [0.2, 0.25) is 0 Å². The summed E-state index contributed by atoms with van der Waals surface area (Å²) in [6.45, 7) is 12.8. The first-order chi connectivity index (χ1) is 14.8. The Labute approximate surface area is 193 Å². The van der Waals surface area contributed by atoms with Gasteiger partial charge in [-0.3, -0.25) is 0 Å². The van der Waals surface area contributed by atoms with Crippen LogP contribution in [0.5, 0.6) is 0 Å². The molecule has 0 heteroatoms. The number of hydrogen-bond donors (Lipinski definition) is 0. The van der Waals surface area contributed by atoms with Crippen LogP contribution in [0.4, 0.5) is 0 Å². The Morgan fingerprint density at radius 3 is 2.48 bits per heavy atom. The fraction of sp³-hybridized carbons (Fsp3) is 0.806. The highest BCUT2D eigenvalue weighted by atomic mass is 14.6. The first kappa shape index (κ1) is 22.0. The molecule has 5 aliphatic carbocycles. The zero-order chi connectivity index (χ0) is 21.8. The van der Waals surface area contributed by atoms with Gasteiger partial charge in [-0.25, -0.2) is 0 Å². The van der Waals surface area contributed by atoms with Crippen LogP contribution in [-0.4, -0.2) is 0 Å². The van der Waals surface area contributed by atoms with Crippen molar-refractivity contribution in [2.24, 2.45) is 52.3 Å². The molecule has 0 heterocycles. The second kappa shape index (κ2) is 8.22. The molecule has 5 rings (SSSR count). The van der Waals surface area contributed by atoms with Crippen molar-refractivity contribution in [1.29, 1.82) is 0 Å². The van der Waals surface area contributed by atoms with Crippen molar-refractivity contribution >= 4 is 0 Å². The number of allylic oxidation sites excluding steroid dienone is 6. The van der Waals surface area contributed by atoms with Gasteiger partial charge >= 0.3 is 0 Å². The second-order valence-electron chi connectivity index (χ2n) is 13.3. The quantitative estimate of drug-likeness (QED) is 0.376. The third kappa shape index (κ3) is 3.63. The Balaban J connectivity index is 1.30. The summed E-state index contributed by atoms with van der Waals surface area (Å²) >= 11 is 0. The summed E-state index contributed by atoms with van der Waals surface area (Å²) in [4.78, 5) is 0. The van der Waals surface area contributed by atoms with Crippen LogP contribution < -0.4 is 0 Å². The third-order valence-corrected chi connectivity index (χ3v) is 11.4. The highest BCUT2D eigenvalue weighted by molar-refractivity contribution is 5.39. The third-order valence-electron chi connectivity index (χ3n) is 11.4. The summed E-state index contributed by atoms with van der Waals surface area (Å²) in [5.74, 6) is 6.52. The topological polar surface area (TPSA) is 0 Å². The van der Waals surface area contributed by atoms with E-state index in [1.165, 1.54) is 70.6 Å². The van der Waals surface area contributed by atoms with Crippen molar-refractivity contribution in [3.05, 3.63) is 35.5 Å². The first-order valence-electron chi connectivity index (χ1n) is 13.9. The zero-order valence-electron chi connectivity index (χ0n) is 21.1. The molecule has 5 aliphatic rings. The summed E-state index contributed by atoms with van der Waals surface area (Å²) in [6.07, 6.45) is 25.7. The molecule has 0 aliphatic heterocycles. The van der Waals surface area contributed by atoms with Gasteiger partial charge in [0, 0.05) is 0 Å². The van der Waals surface area contributed by atoms with Crippen molar-refractivity contribution in [2.75, 3.05) is 0 Å². The molecular formula is C31H48. The van der Waals surface area contributed by atoms with Gasteiger partial charge in [0.2, 0.25) is 0 Å². The molecule has 172 valence electrons. The molecule has 0 N–H and O–H groups in total. The van der Waals surface area contributed by atoms with E-state index in [9.17, 15) is 0 Å². The maximum atomic E-state index is 2.77. The van der Waals surface area contributed by atoms with E-state index in [1.807, 2.05) is 5.57 Å². The van der Waals surface area contributed by atoms with E-state index in [2.05, 4.69) is 58.9 Å². The lowest BCUT2D eigenvalue weighted by atomic mass is 9.46. The number of fused-ring (bicyclic) bond motifs is 5. The maximum absolute atomic E-state index is 2.77. The van der Waals surface area contributed by atoms with E-state index >= 15 is 0 Å². The van der Waals surface area contributed by atoms with Crippen LogP contribution in [-0.2, 0) is 0 Å². The largest absolute Gasteiger partial charge is 0.0845 e. The van der Waals surface area contributed by atoms with Crippen LogP contribution in [0.15, 0.2) is 35.5 Å². The highest BCUT2D eigenvalue weighted by Gasteiger charge is 2.59. The van der Waals surface area contributed by atoms with Gasteiger partial charge in [-0.1, -0.05) is 83.8 Å². The van der Waals surface area contributed by atoms with Gasteiger partial charge in [0.25, 0.3) is 0 Å². The molecule has 0 aromatic rings. The molecule has 0 aromatic heterocycles. The van der Waals surface area contributed by atoms with Crippen molar-refractivity contribution in [3.63, 3.8) is 0 Å². The monoisotopic (exact) mass is 420 g/mol. The normalized spacial score (nSPS) is 44.6. The Morgan fingerprint density at radius 1 is 0.968 bits per heavy atom. The zero-order valence-corrected chi connectivity index (χ0v) is 21.1. The highest BCUT2D eigenvalue weighted by Crippen LogP contribution is 2.67. The molecule has 0 aromatic carbocycles. The summed E-state index contributed by atoms with van der Waals surface area (Å²) in [7, 11) is 0. The molecule has 0 bridgehead atoms. The van der Waals surface area contributed by atoms with E-state index in [0.29, 0.717) is 10.8 Å². The van der Waals surface area contributed by atoms with Gasteiger partial charge in [-0.15, -0.1) is 0 Å². The van der Waals surface area contributed by atoms with Crippen LogP contribution in [0, 0.1) is 52.3 Å². The summed E-state index contributed by atoms with van der Waals surface area (Å²) in [5, 5.41) is 0. The Kier molecular flexibility index (Phi) is 5.84. The molecule has 0 radical (unpaired) electrons. The Bertz CT molecular complexity index is 765. The lowest BCUT2D eigenvalue weighted by Gasteiger charge is -2.58. The molecule has 0 saturated heterocycles. The van der Waals surface area contributed by atoms with Gasteiger partial charge in [0.15, 0.2) is 0 Å². The molecule has 2 unspecified atom stereocenters. The molecule has 0 amide bonds. The maximum Gasteiger partial charge on any atom is -0.00848 e. The predicted octanol–water partition coefficient (Wildman–Crippen LogP) is 9.14. The molecule has 31 heavy (non-hydrogen) atoms. The Morgan fingerprint density at radius 2 is 1.77 bits per heavy atom. The van der Waals surface area contributed by atoms with E-state index in [4.69, 9.17) is 0 Å². The van der Waals surface area contributed by atoms with E-state index in [-0.39, 0.29) is 0 Å². The van der Waals surface area contributed by atoms with Crippen molar-refractivity contribution in [2.45, 2.75) is 105 Å². The summed E-state index contributed by atoms with van der Waals surface area (Å²) in [6, 6.07) is 0. The van der Waals surface area contributed by atoms with Crippen LogP contribution >= 0.6 is 0 Å². The van der Waals surface area contributed by atoms with E-state index in [1.54, 1.807) is 5.57 Å². The molecule has 0 nitrogen and oxygen atoms in total. The lowest BCUT2D eigenvalue weighted by molar-refractivity contribution is -0.0518. The van der Waals surface area contributed by atoms with Crippen LogP contribution in [0.1, 0.15) is 105 Å². The fourth-order valence-corrected chi connectivity index (χ4v) is 9.45. The van der Waals surface area contributed by atoms with Crippen molar-refractivity contribution in [1.82, 2.24) is 0 Å². The fourth-order valence-electron chi connectivity index (χ4n) is 9.45. The van der Waals surface area contributed by atoms with Crippen molar-refractivity contribution in [3.8, 4) is 0 Å². The van der Waals surface area contributed by atoms with Gasteiger partial charge in [0.05, 0.1) is 0 Å². The van der Waals surface area contributed by atoms with Crippen LogP contribution in [0.25, 0.3) is 0 Å². The molecule has 3 fully saturated rings. The molecular weight excluding hydrogens is 372 g/mol. The predicted molar refractivity (Wildman–Crippen MR) is 134 cm³/mol. The minimum absolute atomic E-state index is 0.510. The smallest absolute Gasteiger partial charge is 0.00848 e. The first-order valence-corrected chi connectivity index (χ1v) is 13.9. The van der Waals surface area contributed by atoms with Gasteiger partial charge in [-0.05, 0) is 109 Å². The lowest BCUT2D eigenvalue weighted by Crippen LogP contribution is -2.50. The van der Waals surface area contributed by atoms with Gasteiger partial charge < -0.3 is 0 Å². The summed E-state index contributed by atoms with van der Waals surface area (Å²) in [5.41, 5.74) is 4.62. The minimum atomic E-state index is 0.510. The number of rotatable bonds is 6. The Hall–Kier alpha value is -0.780. The second-order valence-corrected chi connectivity index (χ2v) is 13.3. The molecule has 8 atom stereocenters. The standard InChI is InChI=1S/C31H48/c1-21(2)8-6-9-22(3)27-14-15-28-26-13-12-25-20-24(23-10-7-11-23)16-18-30(25,4)29(26)17-19-31(27,28)5/h7,10-12,21-22,24,26-29H,6,8-9,13-20H2,1-5H3/t22-,24+,26+,27-,28?,29?,30+,31-/m1/s1. The van der Waals surface area contributed by atoms with Crippen LogP contribution in [0.3, 0.4) is 0 Å². The van der Waals surface area contributed by atoms with Gasteiger partial charge in [-0.2, -0.15) is 0 Å². The number of hydrogen-bond acceptors (Lipinski definition) is 0. The van der Waals surface area contributed by atoms with Crippen molar-refractivity contribution < 1.29 is 0 Å². The van der Waals surface area contributed by atoms with E-state index < -0.39 is 0 Å². The SMILES string of the molecule is CC(C)CCC[C@@H](C)[C@H]1CCC2[C@@H]3CC=C4C[C@@H](C5=CC=C5)CC[C@]4(C)C3CC[C@@]21C. The van der Waals surface area contributed by atoms with E-state index in [0.717, 1.165) is 41.4 Å². The van der Waals surface area contributed by atoms with Gasteiger partial charge in [0.1, 0.15) is 0 Å². The average Bonchev–Trinajstić information content (AvgIpc) is 3.04. The molecule has 0 spiro atoms. The average molecular weight is 421 g/mol.